The van der Waals surface area contributed by atoms with E-state index in [0.717, 1.165) is 11.3 Å². The molecule has 2 atom stereocenters. The molecule has 1 N–H and O–H groups in total. The number of hydrogen-bond acceptors (Lipinski definition) is 7. The fourth-order valence-electron chi connectivity index (χ4n) is 3.59. The summed E-state index contributed by atoms with van der Waals surface area (Å²) in [6, 6.07) is 14.2. The Morgan fingerprint density at radius 3 is 2.57 bits per heavy atom. The van der Waals surface area contributed by atoms with E-state index in [9.17, 15) is 18.3 Å². The van der Waals surface area contributed by atoms with Crippen LogP contribution in [0.25, 0.3) is 0 Å². The molecule has 30 heavy (non-hydrogen) atoms. The summed E-state index contributed by atoms with van der Waals surface area (Å²) < 4.78 is 34.8. The summed E-state index contributed by atoms with van der Waals surface area (Å²) in [5, 5.41) is 10.6. The van der Waals surface area contributed by atoms with Crippen LogP contribution < -0.4 is 9.47 Å². The van der Waals surface area contributed by atoms with Gasteiger partial charge in [0.05, 0.1) is 24.2 Å². The molecule has 1 saturated heterocycles. The number of methoxy groups -OCH3 is 1. The van der Waals surface area contributed by atoms with E-state index in [1.165, 1.54) is 0 Å². The van der Waals surface area contributed by atoms with Crippen molar-refractivity contribution in [1.29, 1.82) is 0 Å². The summed E-state index contributed by atoms with van der Waals surface area (Å²) in [7, 11) is -1.46. The molecule has 0 radical (unpaired) electrons. The number of aldehydes is 1. The van der Waals surface area contributed by atoms with Gasteiger partial charge in [0.2, 0.25) is 0 Å². The van der Waals surface area contributed by atoms with Crippen LogP contribution in [-0.2, 0) is 16.4 Å². The highest BCUT2D eigenvalue weighted by molar-refractivity contribution is 7.91. The minimum atomic E-state index is -3.06. The number of hydrogen-bond donors (Lipinski definition) is 1. The zero-order valence-electron chi connectivity index (χ0n) is 16.9. The van der Waals surface area contributed by atoms with Crippen LogP contribution in [0.4, 0.5) is 0 Å². The first-order valence-corrected chi connectivity index (χ1v) is 11.6. The molecule has 0 bridgehead atoms. The van der Waals surface area contributed by atoms with Crippen molar-refractivity contribution in [1.82, 2.24) is 4.90 Å². The number of aliphatic hydroxyl groups excluding tert-OH is 1. The van der Waals surface area contributed by atoms with Gasteiger partial charge in [-0.2, -0.15) is 0 Å². The number of benzene rings is 2. The maximum Gasteiger partial charge on any atom is 0.153 e. The molecule has 0 aromatic heterocycles. The van der Waals surface area contributed by atoms with Gasteiger partial charge >= 0.3 is 0 Å². The van der Waals surface area contributed by atoms with Crippen molar-refractivity contribution in [3.63, 3.8) is 0 Å². The lowest BCUT2D eigenvalue weighted by Crippen LogP contribution is -2.42. The standard InChI is InChI=1S/C22H27NO6S/c1-28-21-8-6-17(7-9-21)12-23(19-10-11-30(26,27)16-19)13-20(25)15-29-22-5-3-2-4-18(22)14-24/h2-9,14,19-20,25H,10-13,15-16H2,1H3. The highest BCUT2D eigenvalue weighted by Crippen LogP contribution is 2.22. The molecule has 3 rings (SSSR count). The summed E-state index contributed by atoms with van der Waals surface area (Å²) in [6.07, 6.45) is 0.410. The predicted molar refractivity (Wildman–Crippen MR) is 114 cm³/mol. The lowest BCUT2D eigenvalue weighted by Gasteiger charge is -2.30. The number of carbonyl (C=O) groups excluding carboxylic acids is 1. The van der Waals surface area contributed by atoms with Crippen LogP contribution in [0.3, 0.4) is 0 Å². The fourth-order valence-corrected chi connectivity index (χ4v) is 5.35. The van der Waals surface area contributed by atoms with Crippen LogP contribution in [0.15, 0.2) is 48.5 Å². The summed E-state index contributed by atoms with van der Waals surface area (Å²) in [6.45, 7) is 0.769. The highest BCUT2D eigenvalue weighted by atomic mass is 32.2. The molecule has 1 heterocycles. The molecule has 2 aromatic carbocycles. The number of carbonyl (C=O) groups is 1. The third kappa shape index (κ3) is 6.04. The second kappa shape index (κ2) is 10.1. The molecule has 8 heteroatoms. The van der Waals surface area contributed by atoms with Crippen LogP contribution in [-0.4, -0.2) is 68.6 Å². The summed E-state index contributed by atoms with van der Waals surface area (Å²) in [4.78, 5) is 13.1. The van der Waals surface area contributed by atoms with E-state index < -0.39 is 15.9 Å². The van der Waals surface area contributed by atoms with Gasteiger partial charge in [-0.15, -0.1) is 0 Å². The second-order valence-corrected chi connectivity index (χ2v) is 9.68. The third-order valence-corrected chi connectivity index (χ3v) is 6.94. The topological polar surface area (TPSA) is 93.1 Å². The molecular formula is C22H27NO6S. The maximum atomic E-state index is 12.0. The first-order valence-electron chi connectivity index (χ1n) is 9.82. The lowest BCUT2D eigenvalue weighted by atomic mass is 10.1. The van der Waals surface area contributed by atoms with Gasteiger partial charge in [-0.05, 0) is 36.2 Å². The largest absolute Gasteiger partial charge is 0.497 e. The van der Waals surface area contributed by atoms with Gasteiger partial charge < -0.3 is 14.6 Å². The first kappa shape index (κ1) is 22.3. The van der Waals surface area contributed by atoms with E-state index >= 15 is 0 Å². The Bertz CT molecular complexity index is 944. The van der Waals surface area contributed by atoms with Crippen LogP contribution in [0, 0.1) is 0 Å². The molecule has 0 spiro atoms. The first-order chi connectivity index (χ1) is 14.4. The minimum absolute atomic E-state index is 0.00341. The number of para-hydroxylation sites is 1. The van der Waals surface area contributed by atoms with Crippen LogP contribution >= 0.6 is 0 Å². The lowest BCUT2D eigenvalue weighted by molar-refractivity contribution is 0.0522. The van der Waals surface area contributed by atoms with Crippen molar-refractivity contribution < 1.29 is 27.8 Å². The Hall–Kier alpha value is -2.42. The molecular weight excluding hydrogens is 406 g/mol. The third-order valence-electron chi connectivity index (χ3n) is 5.19. The van der Waals surface area contributed by atoms with Gasteiger partial charge in [0.15, 0.2) is 16.1 Å². The van der Waals surface area contributed by atoms with Crippen molar-refractivity contribution in [2.75, 3.05) is 31.8 Å². The molecule has 1 aliphatic rings. The van der Waals surface area contributed by atoms with Crippen LogP contribution in [0.1, 0.15) is 22.3 Å². The van der Waals surface area contributed by atoms with E-state index in [4.69, 9.17) is 9.47 Å². The zero-order chi connectivity index (χ0) is 21.6. The molecule has 0 aliphatic carbocycles. The van der Waals surface area contributed by atoms with Gasteiger partial charge in [-0.25, -0.2) is 8.42 Å². The number of aliphatic hydroxyl groups is 1. The molecule has 162 valence electrons. The van der Waals surface area contributed by atoms with Crippen molar-refractivity contribution in [3.8, 4) is 11.5 Å². The van der Waals surface area contributed by atoms with Crippen molar-refractivity contribution in [3.05, 3.63) is 59.7 Å². The molecule has 0 saturated carbocycles. The van der Waals surface area contributed by atoms with E-state index in [2.05, 4.69) is 0 Å². The maximum absolute atomic E-state index is 12.0. The number of rotatable bonds is 10. The van der Waals surface area contributed by atoms with E-state index in [0.29, 0.717) is 30.6 Å². The zero-order valence-corrected chi connectivity index (χ0v) is 17.8. The summed E-state index contributed by atoms with van der Waals surface area (Å²) >= 11 is 0. The molecule has 1 aliphatic heterocycles. The number of nitrogens with zero attached hydrogens (tertiary/aromatic N) is 1. The second-order valence-electron chi connectivity index (χ2n) is 7.45. The average molecular weight is 434 g/mol. The van der Waals surface area contributed by atoms with Gasteiger partial charge in [0, 0.05) is 19.1 Å². The predicted octanol–water partition coefficient (Wildman–Crippen LogP) is 1.94. The highest BCUT2D eigenvalue weighted by Gasteiger charge is 2.33. The number of ether oxygens (including phenoxy) is 2. The van der Waals surface area contributed by atoms with Crippen molar-refractivity contribution >= 4 is 16.1 Å². The summed E-state index contributed by atoms with van der Waals surface area (Å²) in [5.41, 5.74) is 1.42. The smallest absolute Gasteiger partial charge is 0.153 e. The monoisotopic (exact) mass is 433 g/mol. The van der Waals surface area contributed by atoms with Crippen LogP contribution in [0.2, 0.25) is 0 Å². The van der Waals surface area contributed by atoms with E-state index in [1.54, 1.807) is 31.4 Å². The normalized spacial score (nSPS) is 18.8. The quantitative estimate of drug-likeness (QED) is 0.572. The Labute approximate surface area is 177 Å². The molecule has 2 unspecified atom stereocenters. The Kier molecular flexibility index (Phi) is 7.47. The van der Waals surface area contributed by atoms with Crippen LogP contribution in [0.5, 0.6) is 11.5 Å². The Morgan fingerprint density at radius 2 is 1.93 bits per heavy atom. The van der Waals surface area contributed by atoms with Gasteiger partial charge in [0.1, 0.15) is 24.2 Å². The van der Waals surface area contributed by atoms with Gasteiger partial charge in [0.25, 0.3) is 0 Å². The SMILES string of the molecule is COc1ccc(CN(CC(O)COc2ccccc2C=O)C2CCS(=O)(=O)C2)cc1. The molecule has 0 amide bonds. The number of sulfone groups is 1. The van der Waals surface area contributed by atoms with Gasteiger partial charge in [-0.1, -0.05) is 24.3 Å². The fraction of sp³-hybridized carbons (Fsp3) is 0.409. The van der Waals surface area contributed by atoms with E-state index in [-0.39, 0.29) is 30.7 Å². The average Bonchev–Trinajstić information content (AvgIpc) is 3.12. The molecule has 2 aromatic rings. The van der Waals surface area contributed by atoms with Crippen molar-refractivity contribution in [2.45, 2.75) is 25.1 Å². The Morgan fingerprint density at radius 1 is 1.20 bits per heavy atom. The van der Waals surface area contributed by atoms with E-state index in [1.807, 2.05) is 29.2 Å². The Balaban J connectivity index is 1.67. The molecule has 1 fully saturated rings. The van der Waals surface area contributed by atoms with Gasteiger partial charge in [-0.3, -0.25) is 9.69 Å². The summed E-state index contributed by atoms with van der Waals surface area (Å²) in [5.74, 6) is 1.41. The van der Waals surface area contributed by atoms with Crippen molar-refractivity contribution in [2.24, 2.45) is 0 Å². The minimum Gasteiger partial charge on any atom is -0.497 e. The molecule has 7 nitrogen and oxygen atoms in total.